The molecule has 1 fully saturated rings. The van der Waals surface area contributed by atoms with Crippen LogP contribution in [0.15, 0.2) is 85.1 Å². The Morgan fingerprint density at radius 1 is 0.853 bits per heavy atom. The fraction of sp³-hybridized carbons (Fsp3) is 0.340. The number of carbonyl (C=O) groups excluding carboxylic acids is 4. The maximum absolute atomic E-state index is 13.3. The molecule has 3 aromatic carbocycles. The zero-order chi connectivity index (χ0) is 47.6. The van der Waals surface area contributed by atoms with Crippen LogP contribution in [0.3, 0.4) is 0 Å². The molecule has 0 bridgehead atoms. The Balaban J connectivity index is 0.687. The van der Waals surface area contributed by atoms with Gasteiger partial charge in [-0.3, -0.25) is 24.5 Å². The summed E-state index contributed by atoms with van der Waals surface area (Å²) in [7, 11) is 0. The normalized spacial score (nSPS) is 14.9. The Labute approximate surface area is 386 Å². The molecule has 2 aliphatic rings. The van der Waals surface area contributed by atoms with Crippen LogP contribution in [0.4, 0.5) is 13.2 Å². The number of H-pyrrole nitrogens is 1. The number of pyridine rings is 1. The number of rotatable bonds is 22. The lowest BCUT2D eigenvalue weighted by Crippen LogP contribution is -2.52. The van der Waals surface area contributed by atoms with Gasteiger partial charge in [0.15, 0.2) is 12.3 Å². The molecule has 4 N–H and O–H groups in total. The van der Waals surface area contributed by atoms with Crippen LogP contribution >= 0.6 is 0 Å². The van der Waals surface area contributed by atoms with Crippen molar-refractivity contribution in [3.63, 3.8) is 0 Å². The van der Waals surface area contributed by atoms with Gasteiger partial charge in [-0.25, -0.2) is 4.98 Å². The predicted molar refractivity (Wildman–Crippen MR) is 236 cm³/mol. The minimum absolute atomic E-state index is 0.135. The second-order valence-corrected chi connectivity index (χ2v) is 15.7. The quantitative estimate of drug-likeness (QED) is 0.0536. The second-order valence-electron chi connectivity index (χ2n) is 15.7. The number of fused-ring (bicyclic) bond motifs is 2. The number of alkyl halides is 3. The molecule has 21 heteroatoms. The van der Waals surface area contributed by atoms with Crippen molar-refractivity contribution in [1.29, 1.82) is 0 Å². The van der Waals surface area contributed by atoms with Gasteiger partial charge in [-0.2, -0.15) is 27.9 Å². The molecule has 1 atom stereocenters. The first kappa shape index (κ1) is 47.1. The van der Waals surface area contributed by atoms with Gasteiger partial charge in [-0.15, -0.1) is 0 Å². The number of nitrogens with zero attached hydrogens (tertiary/aromatic N) is 5. The molecule has 1 saturated heterocycles. The maximum atomic E-state index is 13.3. The van der Waals surface area contributed by atoms with Crippen molar-refractivity contribution in [2.24, 2.45) is 0 Å². The lowest BCUT2D eigenvalue weighted by Gasteiger charge is -2.29. The summed E-state index contributed by atoms with van der Waals surface area (Å²) in [4.78, 5) is 62.5. The number of nitrogens with one attached hydrogen (secondary N) is 3. The number of amides is 4. The molecule has 1 unspecified atom stereocenters. The van der Waals surface area contributed by atoms with Crippen LogP contribution < -0.4 is 20.1 Å². The largest absolute Gasteiger partial charge is 0.493 e. The number of imide groups is 1. The third-order valence-corrected chi connectivity index (χ3v) is 11.2. The van der Waals surface area contributed by atoms with Crippen molar-refractivity contribution in [3.8, 4) is 34.6 Å². The monoisotopic (exact) mass is 940 g/mol. The van der Waals surface area contributed by atoms with Gasteiger partial charge in [0.1, 0.15) is 29.8 Å². The van der Waals surface area contributed by atoms with E-state index in [4.69, 9.17) is 23.7 Å². The summed E-state index contributed by atoms with van der Waals surface area (Å²) in [5, 5.41) is 20.9. The molecule has 0 radical (unpaired) electrons. The molecule has 4 amide bonds. The van der Waals surface area contributed by atoms with Crippen molar-refractivity contribution in [2.45, 2.75) is 44.4 Å². The van der Waals surface area contributed by atoms with E-state index in [0.29, 0.717) is 103 Å². The first-order chi connectivity index (χ1) is 32.9. The van der Waals surface area contributed by atoms with Crippen molar-refractivity contribution < 1.29 is 61.1 Å². The number of halogens is 3. The predicted octanol–water partition coefficient (Wildman–Crippen LogP) is 4.71. The summed E-state index contributed by atoms with van der Waals surface area (Å²) < 4.78 is 69.4. The van der Waals surface area contributed by atoms with Crippen LogP contribution in [0, 0.1) is 0 Å². The summed E-state index contributed by atoms with van der Waals surface area (Å²) in [5.41, 5.74) is 3.32. The van der Waals surface area contributed by atoms with E-state index in [2.05, 4.69) is 30.7 Å². The van der Waals surface area contributed by atoms with Gasteiger partial charge in [0.2, 0.25) is 23.6 Å². The molecule has 68 heavy (non-hydrogen) atoms. The Morgan fingerprint density at radius 2 is 1.59 bits per heavy atom. The molecular formula is C47H47F3N8O10. The van der Waals surface area contributed by atoms with E-state index in [1.54, 1.807) is 36.5 Å². The molecular weight excluding hydrogens is 894 g/mol. The van der Waals surface area contributed by atoms with E-state index in [1.165, 1.54) is 21.7 Å². The third-order valence-electron chi connectivity index (χ3n) is 11.2. The minimum atomic E-state index is -4.50. The van der Waals surface area contributed by atoms with Crippen molar-refractivity contribution in [2.75, 3.05) is 59.4 Å². The number of aromatic amines is 1. The summed E-state index contributed by atoms with van der Waals surface area (Å²) in [5.74, 6) is -0.553. The average molecular weight is 941 g/mol. The number of aromatic nitrogens is 5. The molecule has 0 spiro atoms. The zero-order valence-corrected chi connectivity index (χ0v) is 36.6. The number of hydrogen-bond acceptors (Lipinski definition) is 13. The highest BCUT2D eigenvalue weighted by Gasteiger charge is 2.40. The maximum Gasteiger partial charge on any atom is 0.416 e. The molecule has 5 heterocycles. The Kier molecular flexibility index (Phi) is 14.9. The molecule has 6 aromatic rings. The van der Waals surface area contributed by atoms with Crippen LogP contribution in [-0.4, -0.2) is 124 Å². The van der Waals surface area contributed by atoms with Crippen LogP contribution in [0.5, 0.6) is 17.4 Å². The van der Waals surface area contributed by atoms with Crippen LogP contribution in [-0.2, 0) is 54.2 Å². The van der Waals surface area contributed by atoms with E-state index in [9.17, 15) is 37.5 Å². The lowest BCUT2D eigenvalue weighted by molar-refractivity contribution is -0.138. The minimum Gasteiger partial charge on any atom is -0.493 e. The molecule has 0 saturated carbocycles. The average Bonchev–Trinajstić information content (AvgIpc) is 4.02. The summed E-state index contributed by atoms with van der Waals surface area (Å²) in [6, 6.07) is 19.8. The van der Waals surface area contributed by atoms with E-state index < -0.39 is 23.7 Å². The van der Waals surface area contributed by atoms with Crippen molar-refractivity contribution in [1.82, 2.24) is 40.3 Å². The van der Waals surface area contributed by atoms with Gasteiger partial charge >= 0.3 is 6.18 Å². The van der Waals surface area contributed by atoms with Crippen LogP contribution in [0.1, 0.15) is 45.5 Å². The SMILES string of the molecule is O=C(COc1cccc2c1CN(C1CCC(=O)NC1=O)C2=O)NCCOCCOCCOCCOc1ccc(CCc2c(-c3ccc(C(F)(F)F)cc3)nn(-c3nc4ncccc4[nH]3)c2O)cc1. The standard InChI is InChI=1S/C47H47F3N8O10/c48-47(49,50)31-11-9-30(10-12-31)41-34(45(63)58(56-41)46-53-36-4-2-18-52-42(36)55-46)15-8-29-6-13-32(14-7-29)67-26-25-66-24-23-65-22-21-64-20-19-51-40(60)28-68-38-5-1-3-33-35(38)27-57(44(33)62)37-16-17-39(59)54-43(37)61/h1-7,9-14,18,37,63H,8,15-17,19-28H2,(H,51,60)(H,52,53,55)(H,54,59,61). The number of piperidine rings is 1. The van der Waals surface area contributed by atoms with Crippen molar-refractivity contribution >= 4 is 34.8 Å². The first-order valence-corrected chi connectivity index (χ1v) is 21.8. The lowest BCUT2D eigenvalue weighted by atomic mass is 10.00. The van der Waals surface area contributed by atoms with Gasteiger partial charge in [-0.1, -0.05) is 30.3 Å². The fourth-order valence-corrected chi connectivity index (χ4v) is 7.73. The number of benzene rings is 3. The van der Waals surface area contributed by atoms with Gasteiger partial charge in [0.25, 0.3) is 11.8 Å². The summed E-state index contributed by atoms with van der Waals surface area (Å²) in [6.45, 7) is 2.31. The number of ether oxygens (including phenoxy) is 5. The molecule has 0 aliphatic carbocycles. The molecule has 8 rings (SSSR count). The number of aryl methyl sites for hydroxylation is 1. The zero-order valence-electron chi connectivity index (χ0n) is 36.6. The van der Waals surface area contributed by atoms with E-state index >= 15 is 0 Å². The Bertz CT molecular complexity index is 2710. The van der Waals surface area contributed by atoms with Gasteiger partial charge in [0, 0.05) is 41.4 Å². The molecule has 2 aliphatic heterocycles. The molecule has 3 aromatic heterocycles. The van der Waals surface area contributed by atoms with Gasteiger partial charge < -0.3 is 44.0 Å². The van der Waals surface area contributed by atoms with Crippen molar-refractivity contribution in [3.05, 3.63) is 113 Å². The van der Waals surface area contributed by atoms with Crippen LogP contribution in [0.25, 0.3) is 28.4 Å². The second kappa shape index (κ2) is 21.5. The number of carbonyl (C=O) groups is 4. The highest BCUT2D eigenvalue weighted by molar-refractivity contribution is 6.05. The summed E-state index contributed by atoms with van der Waals surface area (Å²) >= 11 is 0. The smallest absolute Gasteiger partial charge is 0.416 e. The summed E-state index contributed by atoms with van der Waals surface area (Å²) in [6.07, 6.45) is -1.72. The number of hydrogen-bond donors (Lipinski definition) is 4. The number of imidazole rings is 1. The van der Waals surface area contributed by atoms with Gasteiger partial charge in [0.05, 0.1) is 57.3 Å². The third kappa shape index (κ3) is 11.4. The van der Waals surface area contributed by atoms with E-state index in [0.717, 1.165) is 17.7 Å². The van der Waals surface area contributed by atoms with Gasteiger partial charge in [-0.05, 0) is 73.4 Å². The van der Waals surface area contributed by atoms with Crippen LogP contribution in [0.2, 0.25) is 0 Å². The Morgan fingerprint density at radius 3 is 2.31 bits per heavy atom. The molecule has 356 valence electrons. The van der Waals surface area contributed by atoms with E-state index in [1.807, 2.05) is 24.3 Å². The highest BCUT2D eigenvalue weighted by atomic mass is 19.4. The highest BCUT2D eigenvalue weighted by Crippen LogP contribution is 2.36. The first-order valence-electron chi connectivity index (χ1n) is 21.8. The molecule has 18 nitrogen and oxygen atoms in total. The van der Waals surface area contributed by atoms with E-state index in [-0.39, 0.29) is 68.7 Å². The Hall–Kier alpha value is -7.36. The number of aromatic hydroxyl groups is 1. The topological polar surface area (TPSA) is 221 Å². The fourth-order valence-electron chi connectivity index (χ4n) is 7.73.